The van der Waals surface area contributed by atoms with Crippen molar-refractivity contribution in [1.82, 2.24) is 4.98 Å². The Labute approximate surface area is 120 Å². The molecule has 2 unspecified atom stereocenters. The smallest absolute Gasteiger partial charge is 0.0876 e. The second-order valence-corrected chi connectivity index (χ2v) is 5.85. The number of aryl methyl sites for hydroxylation is 3. The lowest BCUT2D eigenvalue weighted by Crippen LogP contribution is -2.19. The van der Waals surface area contributed by atoms with Crippen molar-refractivity contribution in [2.75, 3.05) is 0 Å². The maximum Gasteiger partial charge on any atom is 0.0876 e. The zero-order valence-electron chi connectivity index (χ0n) is 12.1. The Morgan fingerprint density at radius 2 is 2.10 bits per heavy atom. The minimum atomic E-state index is -0.454. The molecule has 1 aliphatic carbocycles. The summed E-state index contributed by atoms with van der Waals surface area (Å²) < 4.78 is 0. The largest absolute Gasteiger partial charge is 0.388 e. The molecule has 1 aromatic heterocycles. The standard InChI is InChI=1S/C18H21NO/c1-12-8-9-15(13(2)11-12)18(20)16-7-3-5-14-6-4-10-19-17(14)16/h4,6,8-11,16,18,20H,3,5,7H2,1-2H3. The van der Waals surface area contributed by atoms with Gasteiger partial charge in [0.15, 0.2) is 0 Å². The van der Waals surface area contributed by atoms with Gasteiger partial charge < -0.3 is 5.11 Å². The molecule has 0 aliphatic heterocycles. The predicted molar refractivity (Wildman–Crippen MR) is 80.8 cm³/mol. The summed E-state index contributed by atoms with van der Waals surface area (Å²) in [5.74, 6) is 0.126. The van der Waals surface area contributed by atoms with Crippen LogP contribution in [0, 0.1) is 13.8 Å². The molecule has 3 rings (SSSR count). The molecular weight excluding hydrogens is 246 g/mol. The van der Waals surface area contributed by atoms with Crippen molar-refractivity contribution in [2.24, 2.45) is 0 Å². The summed E-state index contributed by atoms with van der Waals surface area (Å²) in [5.41, 5.74) is 5.83. The van der Waals surface area contributed by atoms with E-state index in [9.17, 15) is 5.11 Å². The number of hydrogen-bond acceptors (Lipinski definition) is 2. The van der Waals surface area contributed by atoms with Crippen LogP contribution in [0.25, 0.3) is 0 Å². The molecule has 1 aromatic carbocycles. The molecule has 0 saturated heterocycles. The van der Waals surface area contributed by atoms with E-state index in [0.29, 0.717) is 0 Å². The van der Waals surface area contributed by atoms with Gasteiger partial charge in [-0.1, -0.05) is 29.8 Å². The summed E-state index contributed by atoms with van der Waals surface area (Å²) in [4.78, 5) is 4.53. The molecule has 1 N–H and O–H groups in total. The molecule has 2 nitrogen and oxygen atoms in total. The molecule has 1 aliphatic rings. The lowest BCUT2D eigenvalue weighted by molar-refractivity contribution is 0.133. The maximum absolute atomic E-state index is 10.8. The van der Waals surface area contributed by atoms with E-state index in [0.717, 1.165) is 30.5 Å². The molecule has 0 spiro atoms. The van der Waals surface area contributed by atoms with Gasteiger partial charge in [0, 0.05) is 17.8 Å². The van der Waals surface area contributed by atoms with Crippen LogP contribution in [0.4, 0.5) is 0 Å². The Morgan fingerprint density at radius 3 is 2.90 bits per heavy atom. The number of pyridine rings is 1. The molecule has 0 amide bonds. The van der Waals surface area contributed by atoms with E-state index in [1.807, 2.05) is 12.3 Å². The molecule has 20 heavy (non-hydrogen) atoms. The summed E-state index contributed by atoms with van der Waals surface area (Å²) in [6.45, 7) is 4.16. The average Bonchev–Trinajstić information content (AvgIpc) is 2.46. The van der Waals surface area contributed by atoms with E-state index in [2.05, 4.69) is 43.1 Å². The van der Waals surface area contributed by atoms with E-state index in [4.69, 9.17) is 0 Å². The van der Waals surface area contributed by atoms with Crippen LogP contribution >= 0.6 is 0 Å². The van der Waals surface area contributed by atoms with Gasteiger partial charge in [0.1, 0.15) is 0 Å². The van der Waals surface area contributed by atoms with Gasteiger partial charge in [-0.05, 0) is 55.9 Å². The highest BCUT2D eigenvalue weighted by Gasteiger charge is 2.29. The first-order valence-corrected chi connectivity index (χ1v) is 7.36. The third-order valence-electron chi connectivity index (χ3n) is 4.36. The fraction of sp³-hybridized carbons (Fsp3) is 0.389. The van der Waals surface area contributed by atoms with E-state index in [1.165, 1.54) is 16.7 Å². The van der Waals surface area contributed by atoms with Gasteiger partial charge in [0.25, 0.3) is 0 Å². The molecule has 1 heterocycles. The Morgan fingerprint density at radius 1 is 1.25 bits per heavy atom. The summed E-state index contributed by atoms with van der Waals surface area (Å²) in [6, 6.07) is 10.4. The van der Waals surface area contributed by atoms with Crippen LogP contribution < -0.4 is 0 Å². The molecule has 0 saturated carbocycles. The highest BCUT2D eigenvalue weighted by atomic mass is 16.3. The van der Waals surface area contributed by atoms with Crippen molar-refractivity contribution >= 4 is 0 Å². The van der Waals surface area contributed by atoms with Crippen molar-refractivity contribution in [1.29, 1.82) is 0 Å². The molecule has 2 aromatic rings. The molecule has 0 fully saturated rings. The molecule has 2 heteroatoms. The van der Waals surface area contributed by atoms with Gasteiger partial charge in [-0.25, -0.2) is 0 Å². The van der Waals surface area contributed by atoms with E-state index < -0.39 is 6.10 Å². The third-order valence-corrected chi connectivity index (χ3v) is 4.36. The SMILES string of the molecule is Cc1ccc(C(O)C2CCCc3cccnc32)c(C)c1. The van der Waals surface area contributed by atoms with Crippen molar-refractivity contribution in [2.45, 2.75) is 45.1 Å². The zero-order chi connectivity index (χ0) is 14.1. The fourth-order valence-electron chi connectivity index (χ4n) is 3.33. The highest BCUT2D eigenvalue weighted by Crippen LogP contribution is 2.39. The van der Waals surface area contributed by atoms with Gasteiger partial charge in [0.2, 0.25) is 0 Å². The maximum atomic E-state index is 10.8. The summed E-state index contributed by atoms with van der Waals surface area (Å²) >= 11 is 0. The summed E-state index contributed by atoms with van der Waals surface area (Å²) in [6.07, 6.45) is 4.61. The number of aromatic nitrogens is 1. The van der Waals surface area contributed by atoms with E-state index >= 15 is 0 Å². The fourth-order valence-corrected chi connectivity index (χ4v) is 3.33. The number of benzene rings is 1. The van der Waals surface area contributed by atoms with Crippen LogP contribution in [0.3, 0.4) is 0 Å². The average molecular weight is 267 g/mol. The summed E-state index contributed by atoms with van der Waals surface area (Å²) in [7, 11) is 0. The Kier molecular flexibility index (Phi) is 3.58. The zero-order valence-corrected chi connectivity index (χ0v) is 12.1. The lowest BCUT2D eigenvalue weighted by atomic mass is 9.80. The minimum Gasteiger partial charge on any atom is -0.388 e. The van der Waals surface area contributed by atoms with Crippen LogP contribution in [0.1, 0.15) is 52.8 Å². The second-order valence-electron chi connectivity index (χ2n) is 5.85. The predicted octanol–water partition coefficient (Wildman–Crippen LogP) is 3.85. The molecule has 2 atom stereocenters. The normalized spacial score (nSPS) is 19.4. The van der Waals surface area contributed by atoms with Crippen molar-refractivity contribution < 1.29 is 5.11 Å². The highest BCUT2D eigenvalue weighted by molar-refractivity contribution is 5.36. The quantitative estimate of drug-likeness (QED) is 0.896. The van der Waals surface area contributed by atoms with Crippen molar-refractivity contribution in [3.8, 4) is 0 Å². The molecule has 0 radical (unpaired) electrons. The number of aliphatic hydroxyl groups is 1. The molecule has 0 bridgehead atoms. The first-order chi connectivity index (χ1) is 9.66. The Balaban J connectivity index is 1.97. The topological polar surface area (TPSA) is 33.1 Å². The monoisotopic (exact) mass is 267 g/mol. The van der Waals surface area contributed by atoms with Gasteiger partial charge in [-0.3, -0.25) is 4.98 Å². The van der Waals surface area contributed by atoms with Crippen LogP contribution in [-0.4, -0.2) is 10.1 Å². The number of nitrogens with zero attached hydrogens (tertiary/aromatic N) is 1. The molecule has 104 valence electrons. The Bertz CT molecular complexity index is 621. The third kappa shape index (κ3) is 2.36. The van der Waals surface area contributed by atoms with Gasteiger partial charge in [-0.2, -0.15) is 0 Å². The number of rotatable bonds is 2. The van der Waals surface area contributed by atoms with Gasteiger partial charge >= 0.3 is 0 Å². The van der Waals surface area contributed by atoms with Gasteiger partial charge in [-0.15, -0.1) is 0 Å². The van der Waals surface area contributed by atoms with Crippen LogP contribution in [0.5, 0.6) is 0 Å². The number of fused-ring (bicyclic) bond motifs is 1. The van der Waals surface area contributed by atoms with E-state index in [1.54, 1.807) is 0 Å². The molecular formula is C18H21NO. The van der Waals surface area contributed by atoms with Crippen molar-refractivity contribution in [3.63, 3.8) is 0 Å². The van der Waals surface area contributed by atoms with E-state index in [-0.39, 0.29) is 5.92 Å². The lowest BCUT2D eigenvalue weighted by Gasteiger charge is -2.29. The van der Waals surface area contributed by atoms with Crippen LogP contribution in [0.15, 0.2) is 36.5 Å². The van der Waals surface area contributed by atoms with Crippen LogP contribution in [0.2, 0.25) is 0 Å². The number of aliphatic hydroxyl groups excluding tert-OH is 1. The number of hydrogen-bond donors (Lipinski definition) is 1. The minimum absolute atomic E-state index is 0.126. The first kappa shape index (κ1) is 13.3. The van der Waals surface area contributed by atoms with Crippen LogP contribution in [-0.2, 0) is 6.42 Å². The first-order valence-electron chi connectivity index (χ1n) is 7.36. The van der Waals surface area contributed by atoms with Crippen molar-refractivity contribution in [3.05, 3.63) is 64.5 Å². The van der Waals surface area contributed by atoms with Gasteiger partial charge in [0.05, 0.1) is 6.10 Å². The second kappa shape index (κ2) is 5.37. The summed E-state index contributed by atoms with van der Waals surface area (Å²) in [5, 5.41) is 10.8. The Hall–Kier alpha value is -1.67.